The SMILES string of the molecule is COCC[C@@]1(C)CC[C@H]1N1CCc2cc(C(=O)NO)cnc2C1. The standard InChI is InChI=1S/C17H25N3O3/c1-17(6-8-23-2)5-3-15(17)20-7-4-12-9-13(16(21)19-22)10-18-14(12)11-20/h9-10,15,22H,3-8,11H2,1-2H3,(H,19,21)/t15-,17-/m1/s1. The van der Waals surface area contributed by atoms with Gasteiger partial charge in [0.15, 0.2) is 0 Å². The molecule has 0 bridgehead atoms. The fourth-order valence-electron chi connectivity index (χ4n) is 3.90. The number of fused-ring (bicyclic) bond motifs is 1. The van der Waals surface area contributed by atoms with E-state index in [4.69, 9.17) is 9.94 Å². The van der Waals surface area contributed by atoms with Crippen LogP contribution < -0.4 is 5.48 Å². The molecule has 3 rings (SSSR count). The van der Waals surface area contributed by atoms with Gasteiger partial charge in [0.25, 0.3) is 5.91 Å². The average Bonchev–Trinajstić information content (AvgIpc) is 2.57. The Hall–Kier alpha value is -1.50. The largest absolute Gasteiger partial charge is 0.385 e. The Balaban J connectivity index is 1.70. The quantitative estimate of drug-likeness (QED) is 0.639. The third kappa shape index (κ3) is 3.11. The van der Waals surface area contributed by atoms with E-state index >= 15 is 0 Å². The topological polar surface area (TPSA) is 74.7 Å². The summed E-state index contributed by atoms with van der Waals surface area (Å²) in [6.45, 7) is 5.00. The number of hydroxylamine groups is 1. The van der Waals surface area contributed by atoms with Gasteiger partial charge in [-0.3, -0.25) is 19.9 Å². The number of aromatic nitrogens is 1. The molecular weight excluding hydrogens is 294 g/mol. The Bertz CT molecular complexity index is 592. The van der Waals surface area contributed by atoms with Crippen molar-refractivity contribution in [1.29, 1.82) is 0 Å². The molecule has 1 fully saturated rings. The molecular formula is C17H25N3O3. The predicted octanol–water partition coefficient (Wildman–Crippen LogP) is 1.76. The van der Waals surface area contributed by atoms with Crippen LogP contribution in [-0.2, 0) is 17.7 Å². The van der Waals surface area contributed by atoms with Crippen LogP contribution in [0.3, 0.4) is 0 Å². The molecule has 0 aromatic carbocycles. The number of rotatable bonds is 5. The lowest BCUT2D eigenvalue weighted by Gasteiger charge is -2.53. The molecule has 1 aromatic rings. The Morgan fingerprint density at radius 3 is 3.09 bits per heavy atom. The minimum absolute atomic E-state index is 0.338. The predicted molar refractivity (Wildman–Crippen MR) is 85.2 cm³/mol. The lowest BCUT2D eigenvalue weighted by molar-refractivity contribution is -0.0401. The summed E-state index contributed by atoms with van der Waals surface area (Å²) in [4.78, 5) is 18.5. The molecule has 1 saturated carbocycles. The van der Waals surface area contributed by atoms with Gasteiger partial charge in [0, 0.05) is 39.0 Å². The number of carbonyl (C=O) groups excluding carboxylic acids is 1. The molecule has 2 aliphatic rings. The summed E-state index contributed by atoms with van der Waals surface area (Å²) in [7, 11) is 1.76. The highest BCUT2D eigenvalue weighted by molar-refractivity contribution is 5.93. The number of nitrogens with one attached hydrogen (secondary N) is 1. The highest BCUT2D eigenvalue weighted by Gasteiger charge is 2.45. The highest BCUT2D eigenvalue weighted by atomic mass is 16.5. The van der Waals surface area contributed by atoms with E-state index < -0.39 is 5.91 Å². The maximum absolute atomic E-state index is 11.5. The molecule has 6 nitrogen and oxygen atoms in total. The van der Waals surface area contributed by atoms with Gasteiger partial charge < -0.3 is 4.74 Å². The van der Waals surface area contributed by atoms with Crippen LogP contribution in [0.15, 0.2) is 12.3 Å². The van der Waals surface area contributed by atoms with Crippen LogP contribution in [0.25, 0.3) is 0 Å². The van der Waals surface area contributed by atoms with Crippen molar-refractivity contribution in [3.63, 3.8) is 0 Å². The first-order valence-electron chi connectivity index (χ1n) is 8.22. The summed E-state index contributed by atoms with van der Waals surface area (Å²) in [5.41, 5.74) is 4.57. The van der Waals surface area contributed by atoms with Crippen molar-refractivity contribution in [2.45, 2.75) is 45.2 Å². The third-order valence-electron chi connectivity index (χ3n) is 5.56. The Labute approximate surface area is 136 Å². The van der Waals surface area contributed by atoms with Gasteiger partial charge in [-0.25, -0.2) is 5.48 Å². The molecule has 23 heavy (non-hydrogen) atoms. The second-order valence-electron chi connectivity index (χ2n) is 6.94. The normalized spacial score (nSPS) is 27.2. The number of carbonyl (C=O) groups is 1. The highest BCUT2D eigenvalue weighted by Crippen LogP contribution is 2.47. The summed E-state index contributed by atoms with van der Waals surface area (Å²) in [6.07, 6.45) is 6.03. The van der Waals surface area contributed by atoms with Crippen LogP contribution in [0, 0.1) is 5.41 Å². The van der Waals surface area contributed by atoms with Crippen LogP contribution in [0.1, 0.15) is 47.8 Å². The van der Waals surface area contributed by atoms with Gasteiger partial charge in [0.05, 0.1) is 11.3 Å². The van der Waals surface area contributed by atoms with Crippen molar-refractivity contribution in [3.8, 4) is 0 Å². The van der Waals surface area contributed by atoms with Crippen LogP contribution in [0.4, 0.5) is 0 Å². The van der Waals surface area contributed by atoms with Gasteiger partial charge in [0.2, 0.25) is 0 Å². The van der Waals surface area contributed by atoms with Crippen LogP contribution in [0.5, 0.6) is 0 Å². The van der Waals surface area contributed by atoms with Crippen molar-refractivity contribution in [3.05, 3.63) is 29.1 Å². The van der Waals surface area contributed by atoms with E-state index in [1.54, 1.807) is 18.8 Å². The number of hydrogen-bond donors (Lipinski definition) is 2. The number of amides is 1. The van der Waals surface area contributed by atoms with Crippen molar-refractivity contribution in [1.82, 2.24) is 15.4 Å². The third-order valence-corrected chi connectivity index (χ3v) is 5.56. The lowest BCUT2D eigenvalue weighted by Crippen LogP contribution is -2.55. The number of methoxy groups -OCH3 is 1. The zero-order valence-corrected chi connectivity index (χ0v) is 13.8. The second kappa shape index (κ2) is 6.55. The summed E-state index contributed by atoms with van der Waals surface area (Å²) in [6, 6.07) is 2.43. The van der Waals surface area contributed by atoms with Crippen molar-refractivity contribution in [2.24, 2.45) is 5.41 Å². The minimum atomic E-state index is -0.506. The van der Waals surface area contributed by atoms with E-state index in [0.717, 1.165) is 43.8 Å². The smallest absolute Gasteiger partial charge is 0.276 e. The first kappa shape index (κ1) is 16.4. The maximum Gasteiger partial charge on any atom is 0.276 e. The van der Waals surface area contributed by atoms with Crippen LogP contribution in [-0.4, -0.2) is 47.3 Å². The summed E-state index contributed by atoms with van der Waals surface area (Å²) < 4.78 is 5.26. The molecule has 126 valence electrons. The number of nitrogens with zero attached hydrogens (tertiary/aromatic N) is 2. The summed E-state index contributed by atoms with van der Waals surface area (Å²) >= 11 is 0. The Morgan fingerprint density at radius 2 is 2.43 bits per heavy atom. The fourth-order valence-corrected chi connectivity index (χ4v) is 3.90. The van der Waals surface area contributed by atoms with E-state index in [1.165, 1.54) is 12.8 Å². The molecule has 2 N–H and O–H groups in total. The number of pyridine rings is 1. The number of ether oxygens (including phenoxy) is 1. The first-order chi connectivity index (χ1) is 11.1. The molecule has 0 unspecified atom stereocenters. The lowest BCUT2D eigenvalue weighted by atomic mass is 9.63. The second-order valence-corrected chi connectivity index (χ2v) is 6.94. The molecule has 2 atom stereocenters. The molecule has 0 saturated heterocycles. The van der Waals surface area contributed by atoms with Gasteiger partial charge in [-0.2, -0.15) is 0 Å². The van der Waals surface area contributed by atoms with Gasteiger partial charge in [-0.1, -0.05) is 6.92 Å². The average molecular weight is 319 g/mol. The van der Waals surface area contributed by atoms with Crippen molar-refractivity contribution >= 4 is 5.91 Å². The van der Waals surface area contributed by atoms with Gasteiger partial charge in [0.1, 0.15) is 0 Å². The molecule has 1 aromatic heterocycles. The van der Waals surface area contributed by atoms with E-state index in [-0.39, 0.29) is 0 Å². The minimum Gasteiger partial charge on any atom is -0.385 e. The van der Waals surface area contributed by atoms with E-state index in [9.17, 15) is 4.79 Å². The molecule has 0 spiro atoms. The monoisotopic (exact) mass is 319 g/mol. The molecule has 1 aliphatic heterocycles. The van der Waals surface area contributed by atoms with Gasteiger partial charge in [-0.15, -0.1) is 0 Å². The zero-order valence-electron chi connectivity index (χ0n) is 13.8. The number of hydrogen-bond acceptors (Lipinski definition) is 5. The molecule has 2 heterocycles. The van der Waals surface area contributed by atoms with Crippen LogP contribution in [0.2, 0.25) is 0 Å². The van der Waals surface area contributed by atoms with E-state index in [2.05, 4.69) is 16.8 Å². The molecule has 6 heteroatoms. The van der Waals surface area contributed by atoms with Gasteiger partial charge >= 0.3 is 0 Å². The van der Waals surface area contributed by atoms with Crippen LogP contribution >= 0.6 is 0 Å². The fraction of sp³-hybridized carbons (Fsp3) is 0.647. The van der Waals surface area contributed by atoms with E-state index in [0.29, 0.717) is 17.0 Å². The molecule has 1 amide bonds. The Morgan fingerprint density at radius 1 is 1.61 bits per heavy atom. The van der Waals surface area contributed by atoms with Crippen molar-refractivity contribution in [2.75, 3.05) is 20.3 Å². The maximum atomic E-state index is 11.5. The summed E-state index contributed by atoms with van der Waals surface area (Å²) in [5, 5.41) is 8.73. The molecule has 1 aliphatic carbocycles. The zero-order chi connectivity index (χ0) is 16.4. The van der Waals surface area contributed by atoms with Crippen molar-refractivity contribution < 1.29 is 14.7 Å². The molecule has 0 radical (unpaired) electrons. The Kier molecular flexibility index (Phi) is 4.66. The summed E-state index contributed by atoms with van der Waals surface area (Å²) in [5.74, 6) is -0.506. The van der Waals surface area contributed by atoms with E-state index in [1.807, 2.05) is 6.07 Å². The van der Waals surface area contributed by atoms with Gasteiger partial charge in [-0.05, 0) is 42.7 Å². The first-order valence-corrected chi connectivity index (χ1v) is 8.22.